The van der Waals surface area contributed by atoms with Crippen molar-refractivity contribution in [3.63, 3.8) is 0 Å². The first-order valence-electron chi connectivity index (χ1n) is 4.92. The number of rotatable bonds is 3. The molecule has 0 aromatic rings. The van der Waals surface area contributed by atoms with E-state index in [0.717, 1.165) is 6.61 Å². The minimum Gasteiger partial charge on any atom is -0.374 e. The Morgan fingerprint density at radius 1 is 1.50 bits per heavy atom. The van der Waals surface area contributed by atoms with Crippen molar-refractivity contribution in [1.82, 2.24) is 4.90 Å². The molecule has 0 radical (unpaired) electrons. The van der Waals surface area contributed by atoms with Gasteiger partial charge in [-0.25, -0.2) is 0 Å². The molecule has 0 N–H and O–H groups in total. The van der Waals surface area contributed by atoms with E-state index in [1.165, 1.54) is 19.4 Å². The first-order valence-corrected chi connectivity index (χ1v) is 4.92. The molecule has 1 atom stereocenters. The first-order chi connectivity index (χ1) is 5.58. The van der Waals surface area contributed by atoms with Crippen molar-refractivity contribution in [3.8, 4) is 0 Å². The fourth-order valence-electron chi connectivity index (χ4n) is 2.26. The van der Waals surface area contributed by atoms with E-state index in [1.807, 2.05) is 0 Å². The van der Waals surface area contributed by atoms with Gasteiger partial charge in [-0.2, -0.15) is 0 Å². The van der Waals surface area contributed by atoms with Gasteiger partial charge in [-0.3, -0.25) is 0 Å². The maximum Gasteiger partial charge on any atom is 0.0780 e. The van der Waals surface area contributed by atoms with Crippen molar-refractivity contribution < 1.29 is 4.74 Å². The highest BCUT2D eigenvalue weighted by atomic mass is 16.5. The number of ether oxygens (including phenoxy) is 1. The number of likely N-dealkylation sites (N-methyl/N-ethyl adjacent to an activating group) is 1. The molecule has 1 unspecified atom stereocenters. The summed E-state index contributed by atoms with van der Waals surface area (Å²) in [5.41, 5.74) is 0.0278. The number of hydrogen-bond donors (Lipinski definition) is 0. The maximum atomic E-state index is 5.74. The summed E-state index contributed by atoms with van der Waals surface area (Å²) >= 11 is 0. The maximum absolute atomic E-state index is 5.74. The normalized spacial score (nSPS) is 26.5. The monoisotopic (exact) mass is 171 g/mol. The molecule has 1 aliphatic rings. The molecule has 72 valence electrons. The Balaban J connectivity index is 2.54. The van der Waals surface area contributed by atoms with Crippen LogP contribution in [0.2, 0.25) is 0 Å². The van der Waals surface area contributed by atoms with Crippen LogP contribution >= 0.6 is 0 Å². The standard InChI is InChI=1S/C10H21NO/c1-5-12-10(2,3)9-7-6-8-11(9)4/h9H,5-8H2,1-4H3. The fourth-order valence-corrected chi connectivity index (χ4v) is 2.26. The molecule has 12 heavy (non-hydrogen) atoms. The van der Waals surface area contributed by atoms with Gasteiger partial charge >= 0.3 is 0 Å². The number of hydrogen-bond acceptors (Lipinski definition) is 2. The van der Waals surface area contributed by atoms with Gasteiger partial charge in [0.05, 0.1) is 5.60 Å². The third-order valence-corrected chi connectivity index (χ3v) is 2.84. The second-order valence-electron chi connectivity index (χ2n) is 4.18. The van der Waals surface area contributed by atoms with Crippen LogP contribution in [0.5, 0.6) is 0 Å². The van der Waals surface area contributed by atoms with E-state index in [0.29, 0.717) is 6.04 Å². The molecule has 0 spiro atoms. The van der Waals surface area contributed by atoms with Gasteiger partial charge in [0, 0.05) is 12.6 Å². The van der Waals surface area contributed by atoms with Crippen LogP contribution in [-0.4, -0.2) is 36.7 Å². The molecule has 1 saturated heterocycles. The predicted octanol–water partition coefficient (Wildman–Crippen LogP) is 1.90. The highest BCUT2D eigenvalue weighted by Gasteiger charge is 2.35. The highest BCUT2D eigenvalue weighted by molar-refractivity contribution is 4.90. The van der Waals surface area contributed by atoms with Crippen LogP contribution in [-0.2, 0) is 4.74 Å². The summed E-state index contributed by atoms with van der Waals surface area (Å²) in [6.07, 6.45) is 2.60. The van der Waals surface area contributed by atoms with E-state index >= 15 is 0 Å². The summed E-state index contributed by atoms with van der Waals surface area (Å²) in [5, 5.41) is 0. The minimum absolute atomic E-state index is 0.0278. The summed E-state index contributed by atoms with van der Waals surface area (Å²) in [6.45, 7) is 8.50. The van der Waals surface area contributed by atoms with Gasteiger partial charge < -0.3 is 9.64 Å². The van der Waals surface area contributed by atoms with Crippen LogP contribution in [0.4, 0.5) is 0 Å². The molecule has 0 aromatic heterocycles. The van der Waals surface area contributed by atoms with Gasteiger partial charge in [-0.1, -0.05) is 0 Å². The Labute approximate surface area is 75.9 Å². The number of nitrogens with zero attached hydrogens (tertiary/aromatic N) is 1. The third-order valence-electron chi connectivity index (χ3n) is 2.84. The molecule has 0 saturated carbocycles. The highest BCUT2D eigenvalue weighted by Crippen LogP contribution is 2.27. The van der Waals surface area contributed by atoms with Crippen LogP contribution in [0.25, 0.3) is 0 Å². The Kier molecular flexibility index (Phi) is 3.13. The largest absolute Gasteiger partial charge is 0.374 e. The lowest BCUT2D eigenvalue weighted by Gasteiger charge is -2.35. The van der Waals surface area contributed by atoms with Gasteiger partial charge in [0.25, 0.3) is 0 Å². The van der Waals surface area contributed by atoms with E-state index in [4.69, 9.17) is 4.74 Å². The van der Waals surface area contributed by atoms with Crippen molar-refractivity contribution in [3.05, 3.63) is 0 Å². The molecule has 1 rings (SSSR count). The van der Waals surface area contributed by atoms with Crippen LogP contribution in [0.15, 0.2) is 0 Å². The number of likely N-dealkylation sites (tertiary alicyclic amines) is 1. The molecule has 1 heterocycles. The van der Waals surface area contributed by atoms with Crippen molar-refractivity contribution in [2.24, 2.45) is 0 Å². The van der Waals surface area contributed by atoms with Crippen molar-refractivity contribution in [1.29, 1.82) is 0 Å². The minimum atomic E-state index is 0.0278. The Morgan fingerprint density at radius 2 is 2.17 bits per heavy atom. The molecular weight excluding hydrogens is 150 g/mol. The van der Waals surface area contributed by atoms with Crippen LogP contribution < -0.4 is 0 Å². The van der Waals surface area contributed by atoms with E-state index in [1.54, 1.807) is 0 Å². The van der Waals surface area contributed by atoms with Crippen LogP contribution in [0.3, 0.4) is 0 Å². The lowest BCUT2D eigenvalue weighted by atomic mass is 9.96. The molecule has 1 fully saturated rings. The average Bonchev–Trinajstić information content (AvgIpc) is 2.35. The van der Waals surface area contributed by atoms with Gasteiger partial charge in [0.15, 0.2) is 0 Å². The molecular formula is C10H21NO. The van der Waals surface area contributed by atoms with E-state index in [9.17, 15) is 0 Å². The van der Waals surface area contributed by atoms with E-state index < -0.39 is 0 Å². The summed E-state index contributed by atoms with van der Waals surface area (Å²) in [5.74, 6) is 0. The van der Waals surface area contributed by atoms with Gasteiger partial charge in [-0.05, 0) is 47.2 Å². The van der Waals surface area contributed by atoms with Crippen molar-refractivity contribution in [2.45, 2.75) is 45.3 Å². The van der Waals surface area contributed by atoms with Crippen molar-refractivity contribution >= 4 is 0 Å². The van der Waals surface area contributed by atoms with E-state index in [-0.39, 0.29) is 5.60 Å². The Morgan fingerprint density at radius 3 is 2.58 bits per heavy atom. The topological polar surface area (TPSA) is 12.5 Å². The summed E-state index contributed by atoms with van der Waals surface area (Å²) in [7, 11) is 2.19. The molecule has 0 bridgehead atoms. The lowest BCUT2D eigenvalue weighted by Crippen LogP contribution is -2.45. The SMILES string of the molecule is CCOC(C)(C)C1CCCN1C. The zero-order chi connectivity index (χ0) is 9.19. The van der Waals surface area contributed by atoms with Gasteiger partial charge in [-0.15, -0.1) is 0 Å². The Hall–Kier alpha value is -0.0800. The second-order valence-corrected chi connectivity index (χ2v) is 4.18. The summed E-state index contributed by atoms with van der Waals surface area (Å²) in [6, 6.07) is 0.609. The molecule has 0 aliphatic carbocycles. The summed E-state index contributed by atoms with van der Waals surface area (Å²) < 4.78 is 5.74. The second kappa shape index (κ2) is 3.75. The van der Waals surface area contributed by atoms with Gasteiger partial charge in [0.1, 0.15) is 0 Å². The van der Waals surface area contributed by atoms with Gasteiger partial charge in [0.2, 0.25) is 0 Å². The molecule has 1 aliphatic heterocycles. The molecule has 2 heteroatoms. The zero-order valence-corrected chi connectivity index (χ0v) is 8.76. The third kappa shape index (κ3) is 1.99. The molecule has 0 aromatic carbocycles. The van der Waals surface area contributed by atoms with E-state index in [2.05, 4.69) is 32.7 Å². The van der Waals surface area contributed by atoms with Crippen LogP contribution in [0, 0.1) is 0 Å². The predicted molar refractivity (Wildman–Crippen MR) is 51.4 cm³/mol. The summed E-state index contributed by atoms with van der Waals surface area (Å²) in [4.78, 5) is 2.41. The molecule has 0 amide bonds. The zero-order valence-electron chi connectivity index (χ0n) is 8.76. The quantitative estimate of drug-likeness (QED) is 0.643. The fraction of sp³-hybridized carbons (Fsp3) is 1.00. The average molecular weight is 171 g/mol. The van der Waals surface area contributed by atoms with Crippen molar-refractivity contribution in [2.75, 3.05) is 20.2 Å². The first kappa shape index (κ1) is 10.0. The Bertz CT molecular complexity index is 145. The smallest absolute Gasteiger partial charge is 0.0780 e. The lowest BCUT2D eigenvalue weighted by molar-refractivity contribution is -0.0584. The van der Waals surface area contributed by atoms with Crippen LogP contribution in [0.1, 0.15) is 33.6 Å². The molecule has 2 nitrogen and oxygen atoms in total.